The number of hydrogen-bond donors (Lipinski definition) is 2. The SMILES string of the molecule is Nc1nc(NC2CC2)cc(-c2ccccc2CN2CCOCC2)n1. The molecule has 1 aliphatic heterocycles. The van der Waals surface area contributed by atoms with Crippen molar-refractivity contribution in [1.29, 1.82) is 0 Å². The zero-order chi connectivity index (χ0) is 16.4. The molecule has 1 aromatic heterocycles. The maximum Gasteiger partial charge on any atom is 0.222 e. The number of morpholine rings is 1. The first-order valence-electron chi connectivity index (χ1n) is 8.57. The number of nitrogens with one attached hydrogen (secondary N) is 1. The second kappa shape index (κ2) is 6.75. The van der Waals surface area contributed by atoms with Crippen molar-refractivity contribution in [2.45, 2.75) is 25.4 Å². The number of rotatable bonds is 5. The van der Waals surface area contributed by atoms with E-state index < -0.39 is 0 Å². The van der Waals surface area contributed by atoms with Gasteiger partial charge in [0.25, 0.3) is 0 Å². The molecule has 24 heavy (non-hydrogen) atoms. The Morgan fingerprint density at radius 3 is 2.75 bits per heavy atom. The zero-order valence-corrected chi connectivity index (χ0v) is 13.7. The van der Waals surface area contributed by atoms with Crippen LogP contribution in [0, 0.1) is 0 Å². The average molecular weight is 325 g/mol. The van der Waals surface area contributed by atoms with Crippen LogP contribution in [0.4, 0.5) is 11.8 Å². The van der Waals surface area contributed by atoms with E-state index in [9.17, 15) is 0 Å². The van der Waals surface area contributed by atoms with E-state index in [1.54, 1.807) is 0 Å². The first kappa shape index (κ1) is 15.4. The average Bonchev–Trinajstić information content (AvgIpc) is 3.40. The highest BCUT2D eigenvalue weighted by atomic mass is 16.5. The molecule has 3 N–H and O–H groups in total. The number of hydrogen-bond acceptors (Lipinski definition) is 6. The molecule has 6 heteroatoms. The lowest BCUT2D eigenvalue weighted by Crippen LogP contribution is -2.35. The zero-order valence-electron chi connectivity index (χ0n) is 13.7. The van der Waals surface area contributed by atoms with Crippen LogP contribution in [0.25, 0.3) is 11.3 Å². The minimum atomic E-state index is 0.317. The summed E-state index contributed by atoms with van der Waals surface area (Å²) in [5, 5.41) is 3.41. The van der Waals surface area contributed by atoms with Crippen molar-refractivity contribution in [3.05, 3.63) is 35.9 Å². The molecule has 2 heterocycles. The van der Waals surface area contributed by atoms with E-state index in [1.165, 1.54) is 18.4 Å². The van der Waals surface area contributed by atoms with Gasteiger partial charge >= 0.3 is 0 Å². The van der Waals surface area contributed by atoms with Crippen LogP contribution in [0.5, 0.6) is 0 Å². The number of nitrogens with zero attached hydrogens (tertiary/aromatic N) is 3. The van der Waals surface area contributed by atoms with Gasteiger partial charge in [0.05, 0.1) is 18.9 Å². The van der Waals surface area contributed by atoms with Crippen molar-refractivity contribution in [2.24, 2.45) is 0 Å². The van der Waals surface area contributed by atoms with Gasteiger partial charge < -0.3 is 15.8 Å². The largest absolute Gasteiger partial charge is 0.379 e. The maximum atomic E-state index is 5.94. The third-order valence-corrected chi connectivity index (χ3v) is 4.46. The number of benzene rings is 1. The molecule has 1 saturated heterocycles. The van der Waals surface area contributed by atoms with E-state index in [0.29, 0.717) is 12.0 Å². The molecule has 6 nitrogen and oxygen atoms in total. The molecule has 1 saturated carbocycles. The smallest absolute Gasteiger partial charge is 0.222 e. The molecule has 0 bridgehead atoms. The maximum absolute atomic E-state index is 5.94. The molecule has 1 aliphatic carbocycles. The third kappa shape index (κ3) is 3.66. The summed E-state index contributed by atoms with van der Waals surface area (Å²) >= 11 is 0. The summed E-state index contributed by atoms with van der Waals surface area (Å²) in [6.45, 7) is 4.44. The highest BCUT2D eigenvalue weighted by molar-refractivity contribution is 5.67. The molecule has 0 atom stereocenters. The lowest BCUT2D eigenvalue weighted by Gasteiger charge is -2.27. The third-order valence-electron chi connectivity index (χ3n) is 4.46. The van der Waals surface area contributed by atoms with Gasteiger partial charge in [-0.15, -0.1) is 0 Å². The van der Waals surface area contributed by atoms with Crippen molar-refractivity contribution in [3.8, 4) is 11.3 Å². The van der Waals surface area contributed by atoms with Gasteiger partial charge in [0, 0.05) is 37.3 Å². The molecule has 2 aliphatic rings. The Bertz CT molecular complexity index is 710. The van der Waals surface area contributed by atoms with Gasteiger partial charge in [-0.2, -0.15) is 4.98 Å². The Hall–Kier alpha value is -2.18. The molecular weight excluding hydrogens is 302 g/mol. The van der Waals surface area contributed by atoms with E-state index in [1.807, 2.05) is 12.1 Å². The standard InChI is InChI=1S/C18H23N5O/c19-18-21-16(11-17(22-18)20-14-5-6-14)15-4-2-1-3-13(15)12-23-7-9-24-10-8-23/h1-4,11,14H,5-10,12H2,(H3,19,20,21,22). The lowest BCUT2D eigenvalue weighted by atomic mass is 10.0. The first-order valence-corrected chi connectivity index (χ1v) is 8.57. The normalized spacial score (nSPS) is 18.5. The summed E-state index contributed by atoms with van der Waals surface area (Å²) in [6, 6.07) is 10.9. The Labute approximate surface area is 142 Å². The Balaban J connectivity index is 1.62. The fourth-order valence-corrected chi connectivity index (χ4v) is 3.02. The fourth-order valence-electron chi connectivity index (χ4n) is 3.02. The highest BCUT2D eigenvalue weighted by Crippen LogP contribution is 2.28. The van der Waals surface area contributed by atoms with E-state index >= 15 is 0 Å². The van der Waals surface area contributed by atoms with Gasteiger partial charge in [0.1, 0.15) is 5.82 Å². The van der Waals surface area contributed by atoms with Crippen molar-refractivity contribution < 1.29 is 4.74 Å². The number of aromatic nitrogens is 2. The van der Waals surface area contributed by atoms with Crippen LogP contribution in [0.1, 0.15) is 18.4 Å². The van der Waals surface area contributed by atoms with Gasteiger partial charge in [-0.1, -0.05) is 24.3 Å². The van der Waals surface area contributed by atoms with E-state index in [-0.39, 0.29) is 0 Å². The molecule has 126 valence electrons. The number of nitrogens with two attached hydrogens (primary N) is 1. The summed E-state index contributed by atoms with van der Waals surface area (Å²) < 4.78 is 5.44. The summed E-state index contributed by atoms with van der Waals surface area (Å²) in [4.78, 5) is 11.2. The highest BCUT2D eigenvalue weighted by Gasteiger charge is 2.22. The van der Waals surface area contributed by atoms with Crippen LogP contribution in [0.3, 0.4) is 0 Å². The topological polar surface area (TPSA) is 76.3 Å². The van der Waals surface area contributed by atoms with Crippen LogP contribution in [0.2, 0.25) is 0 Å². The second-order valence-corrected chi connectivity index (χ2v) is 6.46. The summed E-state index contributed by atoms with van der Waals surface area (Å²) in [5.74, 6) is 1.14. The van der Waals surface area contributed by atoms with E-state index in [4.69, 9.17) is 10.5 Å². The Morgan fingerprint density at radius 1 is 1.17 bits per heavy atom. The Morgan fingerprint density at radius 2 is 1.96 bits per heavy atom. The van der Waals surface area contributed by atoms with Crippen LogP contribution < -0.4 is 11.1 Å². The van der Waals surface area contributed by atoms with Crippen LogP contribution in [-0.2, 0) is 11.3 Å². The molecule has 2 aromatic rings. The van der Waals surface area contributed by atoms with Crippen molar-refractivity contribution >= 4 is 11.8 Å². The van der Waals surface area contributed by atoms with Crippen LogP contribution >= 0.6 is 0 Å². The van der Waals surface area contributed by atoms with E-state index in [0.717, 1.165) is 49.9 Å². The summed E-state index contributed by atoms with van der Waals surface area (Å²) in [5.41, 5.74) is 9.20. The van der Waals surface area contributed by atoms with Gasteiger partial charge in [0.15, 0.2) is 0 Å². The molecule has 0 unspecified atom stereocenters. The molecule has 0 radical (unpaired) electrons. The molecule has 2 fully saturated rings. The number of ether oxygens (including phenoxy) is 1. The monoisotopic (exact) mass is 325 g/mol. The quantitative estimate of drug-likeness (QED) is 0.877. The summed E-state index contributed by atoms with van der Waals surface area (Å²) in [7, 11) is 0. The molecule has 0 spiro atoms. The Kier molecular flexibility index (Phi) is 4.32. The number of anilines is 2. The van der Waals surface area contributed by atoms with Crippen LogP contribution in [-0.4, -0.2) is 47.2 Å². The summed E-state index contributed by atoms with van der Waals surface area (Å²) in [6.07, 6.45) is 2.40. The predicted octanol–water partition coefficient (Wildman–Crippen LogP) is 2.13. The van der Waals surface area contributed by atoms with Crippen molar-refractivity contribution in [2.75, 3.05) is 37.4 Å². The van der Waals surface area contributed by atoms with Gasteiger partial charge in [-0.05, 0) is 18.4 Å². The van der Waals surface area contributed by atoms with Crippen molar-refractivity contribution in [1.82, 2.24) is 14.9 Å². The van der Waals surface area contributed by atoms with Crippen LogP contribution in [0.15, 0.2) is 30.3 Å². The van der Waals surface area contributed by atoms with Gasteiger partial charge in [0.2, 0.25) is 5.95 Å². The van der Waals surface area contributed by atoms with Gasteiger partial charge in [-0.25, -0.2) is 4.98 Å². The minimum Gasteiger partial charge on any atom is -0.379 e. The number of nitrogen functional groups attached to an aromatic ring is 1. The molecule has 0 amide bonds. The van der Waals surface area contributed by atoms with Gasteiger partial charge in [-0.3, -0.25) is 4.90 Å². The van der Waals surface area contributed by atoms with E-state index in [2.05, 4.69) is 38.4 Å². The molecule has 4 rings (SSSR count). The molecular formula is C18H23N5O. The first-order chi connectivity index (χ1) is 11.8. The predicted molar refractivity (Wildman–Crippen MR) is 94.6 cm³/mol. The minimum absolute atomic E-state index is 0.317. The molecule has 1 aromatic carbocycles. The lowest BCUT2D eigenvalue weighted by molar-refractivity contribution is 0.0342. The fraction of sp³-hybridized carbons (Fsp3) is 0.444. The second-order valence-electron chi connectivity index (χ2n) is 6.46. The van der Waals surface area contributed by atoms with Crippen molar-refractivity contribution in [3.63, 3.8) is 0 Å².